The minimum Gasteiger partial charge on any atom is -0.398 e. The Morgan fingerprint density at radius 3 is 2.47 bits per heavy atom. The number of nitrogens with two attached hydrogens (primary N) is 2. The summed E-state index contributed by atoms with van der Waals surface area (Å²) < 4.78 is 37.2. The SMILES string of the molecule is CC(C(=O)NC(N)=O)S(=O)(=O)c1cc(F)ccc1N. The number of nitrogen functional groups attached to an aromatic ring is 1. The minimum atomic E-state index is -4.22. The molecule has 0 fully saturated rings. The van der Waals surface area contributed by atoms with Crippen LogP contribution in [0.4, 0.5) is 14.9 Å². The lowest BCUT2D eigenvalue weighted by molar-refractivity contribution is -0.119. The second kappa shape index (κ2) is 5.22. The predicted octanol–water partition coefficient (Wildman–Crippen LogP) is -0.235. The van der Waals surface area contributed by atoms with E-state index in [0.29, 0.717) is 6.07 Å². The van der Waals surface area contributed by atoms with Gasteiger partial charge in [0.05, 0.1) is 10.6 Å². The number of carbonyl (C=O) groups excluding carboxylic acids is 2. The number of benzene rings is 1. The van der Waals surface area contributed by atoms with E-state index in [0.717, 1.165) is 19.1 Å². The molecule has 3 amide bonds. The summed E-state index contributed by atoms with van der Waals surface area (Å²) in [4.78, 5) is 21.4. The Kier molecular flexibility index (Phi) is 4.10. The molecular weight excluding hydrogens is 277 g/mol. The normalized spacial score (nSPS) is 12.7. The van der Waals surface area contributed by atoms with E-state index in [-0.39, 0.29) is 5.69 Å². The Labute approximate surface area is 108 Å². The largest absolute Gasteiger partial charge is 0.398 e. The molecule has 0 aliphatic heterocycles. The van der Waals surface area contributed by atoms with E-state index in [2.05, 4.69) is 0 Å². The maximum absolute atomic E-state index is 13.1. The standard InChI is InChI=1S/C10H12FN3O4S/c1-5(9(15)14-10(13)16)19(17,18)8-4-6(11)2-3-7(8)12/h2-5H,12H2,1H3,(H3,13,14,15,16). The monoisotopic (exact) mass is 289 g/mol. The number of hydrogen-bond acceptors (Lipinski definition) is 5. The van der Waals surface area contributed by atoms with E-state index >= 15 is 0 Å². The van der Waals surface area contributed by atoms with Gasteiger partial charge in [-0.2, -0.15) is 0 Å². The van der Waals surface area contributed by atoms with Gasteiger partial charge in [-0.1, -0.05) is 0 Å². The summed E-state index contributed by atoms with van der Waals surface area (Å²) in [6, 6.07) is 1.58. The van der Waals surface area contributed by atoms with Gasteiger partial charge in [0.2, 0.25) is 5.91 Å². The number of halogens is 1. The average Bonchev–Trinajstić information content (AvgIpc) is 2.30. The number of urea groups is 1. The minimum absolute atomic E-state index is 0.194. The zero-order chi connectivity index (χ0) is 14.8. The number of sulfone groups is 1. The van der Waals surface area contributed by atoms with Crippen molar-refractivity contribution in [2.45, 2.75) is 17.1 Å². The third kappa shape index (κ3) is 3.19. The van der Waals surface area contributed by atoms with Crippen LogP contribution in [0.15, 0.2) is 23.1 Å². The molecular formula is C10H12FN3O4S. The van der Waals surface area contributed by atoms with Crippen molar-refractivity contribution >= 4 is 27.5 Å². The number of rotatable bonds is 3. The summed E-state index contributed by atoms with van der Waals surface area (Å²) >= 11 is 0. The van der Waals surface area contributed by atoms with Crippen LogP contribution < -0.4 is 16.8 Å². The molecule has 5 N–H and O–H groups in total. The Balaban J connectivity index is 3.20. The van der Waals surface area contributed by atoms with Gasteiger partial charge in [0.25, 0.3) is 0 Å². The van der Waals surface area contributed by atoms with Crippen LogP contribution >= 0.6 is 0 Å². The fourth-order valence-electron chi connectivity index (χ4n) is 1.31. The van der Waals surface area contributed by atoms with Crippen molar-refractivity contribution in [2.24, 2.45) is 5.73 Å². The lowest BCUT2D eigenvalue weighted by Crippen LogP contribution is -2.43. The smallest absolute Gasteiger partial charge is 0.318 e. The zero-order valence-electron chi connectivity index (χ0n) is 9.88. The van der Waals surface area contributed by atoms with Crippen molar-refractivity contribution in [1.82, 2.24) is 5.32 Å². The van der Waals surface area contributed by atoms with E-state index < -0.39 is 37.7 Å². The van der Waals surface area contributed by atoms with Crippen LogP contribution in [0.3, 0.4) is 0 Å². The Morgan fingerprint density at radius 2 is 1.95 bits per heavy atom. The van der Waals surface area contributed by atoms with Crippen LogP contribution in [-0.4, -0.2) is 25.6 Å². The van der Waals surface area contributed by atoms with Crippen LogP contribution in [-0.2, 0) is 14.6 Å². The Bertz CT molecular complexity index is 630. The average molecular weight is 289 g/mol. The van der Waals surface area contributed by atoms with Crippen LogP contribution in [0.25, 0.3) is 0 Å². The van der Waals surface area contributed by atoms with Crippen LogP contribution in [0, 0.1) is 5.82 Å². The van der Waals surface area contributed by atoms with Crippen LogP contribution in [0.5, 0.6) is 0 Å². The van der Waals surface area contributed by atoms with Gasteiger partial charge in [0.1, 0.15) is 11.1 Å². The van der Waals surface area contributed by atoms with Crippen molar-refractivity contribution in [2.75, 3.05) is 5.73 Å². The highest BCUT2D eigenvalue weighted by Gasteiger charge is 2.32. The van der Waals surface area contributed by atoms with Gasteiger partial charge < -0.3 is 11.5 Å². The van der Waals surface area contributed by atoms with Crippen LogP contribution in [0.1, 0.15) is 6.92 Å². The first-order valence-electron chi connectivity index (χ1n) is 5.05. The van der Waals surface area contributed by atoms with Gasteiger partial charge in [0, 0.05) is 0 Å². The van der Waals surface area contributed by atoms with Crippen LogP contribution in [0.2, 0.25) is 0 Å². The van der Waals surface area contributed by atoms with Crippen molar-refractivity contribution < 1.29 is 22.4 Å². The maximum atomic E-state index is 13.1. The van der Waals surface area contributed by atoms with E-state index in [1.54, 1.807) is 5.32 Å². The first-order valence-corrected chi connectivity index (χ1v) is 6.60. The number of amides is 3. The molecule has 0 radical (unpaired) electrons. The molecule has 9 heteroatoms. The third-order valence-corrected chi connectivity index (χ3v) is 4.47. The molecule has 0 bridgehead atoms. The van der Waals surface area contributed by atoms with Gasteiger partial charge >= 0.3 is 6.03 Å². The van der Waals surface area contributed by atoms with Crippen molar-refractivity contribution in [3.8, 4) is 0 Å². The second-order valence-corrected chi connectivity index (χ2v) is 5.96. The highest BCUT2D eigenvalue weighted by atomic mass is 32.2. The first kappa shape index (κ1) is 14.9. The topological polar surface area (TPSA) is 132 Å². The lowest BCUT2D eigenvalue weighted by atomic mass is 10.3. The van der Waals surface area contributed by atoms with Gasteiger partial charge in [0.15, 0.2) is 9.84 Å². The molecule has 19 heavy (non-hydrogen) atoms. The molecule has 0 heterocycles. The molecule has 1 atom stereocenters. The highest BCUT2D eigenvalue weighted by molar-refractivity contribution is 7.93. The van der Waals surface area contributed by atoms with Crippen molar-refractivity contribution in [1.29, 1.82) is 0 Å². The molecule has 0 spiro atoms. The summed E-state index contributed by atoms with van der Waals surface area (Å²) in [6.07, 6.45) is 0. The van der Waals surface area contributed by atoms with E-state index in [1.165, 1.54) is 0 Å². The molecule has 0 aliphatic rings. The molecule has 1 aromatic rings. The summed E-state index contributed by atoms with van der Waals surface area (Å²) in [7, 11) is -4.22. The molecule has 104 valence electrons. The lowest BCUT2D eigenvalue weighted by Gasteiger charge is -2.13. The zero-order valence-corrected chi connectivity index (χ0v) is 10.7. The second-order valence-electron chi connectivity index (χ2n) is 3.72. The van der Waals surface area contributed by atoms with Crippen molar-refractivity contribution in [3.63, 3.8) is 0 Å². The molecule has 0 saturated carbocycles. The summed E-state index contributed by atoms with van der Waals surface area (Å²) in [5.41, 5.74) is 9.97. The number of imide groups is 1. The molecule has 0 saturated heterocycles. The molecule has 1 unspecified atom stereocenters. The van der Waals surface area contributed by atoms with E-state index in [4.69, 9.17) is 11.5 Å². The third-order valence-electron chi connectivity index (χ3n) is 2.36. The summed E-state index contributed by atoms with van der Waals surface area (Å²) in [5.74, 6) is -1.92. The molecule has 1 rings (SSSR count). The predicted molar refractivity (Wildman–Crippen MR) is 65.2 cm³/mol. The maximum Gasteiger partial charge on any atom is 0.318 e. The Hall–Kier alpha value is -2.16. The quantitative estimate of drug-likeness (QED) is 0.661. The van der Waals surface area contributed by atoms with E-state index in [1.807, 2.05) is 0 Å². The number of anilines is 1. The van der Waals surface area contributed by atoms with Crippen molar-refractivity contribution in [3.05, 3.63) is 24.0 Å². The first-order chi connectivity index (χ1) is 8.66. The molecule has 7 nitrogen and oxygen atoms in total. The molecule has 1 aromatic carbocycles. The number of nitrogens with one attached hydrogen (secondary N) is 1. The fourth-order valence-corrected chi connectivity index (χ4v) is 2.70. The fraction of sp³-hybridized carbons (Fsp3) is 0.200. The Morgan fingerprint density at radius 1 is 1.37 bits per heavy atom. The van der Waals surface area contributed by atoms with E-state index in [9.17, 15) is 22.4 Å². The summed E-state index contributed by atoms with van der Waals surface area (Å²) in [5, 5.41) is 0.00359. The van der Waals surface area contributed by atoms with Gasteiger partial charge in [-0.05, 0) is 25.1 Å². The summed E-state index contributed by atoms with van der Waals surface area (Å²) in [6.45, 7) is 1.04. The number of hydrogen-bond donors (Lipinski definition) is 3. The number of primary amides is 1. The van der Waals surface area contributed by atoms with Gasteiger partial charge in [-0.3, -0.25) is 10.1 Å². The van der Waals surface area contributed by atoms with Gasteiger partial charge in [-0.25, -0.2) is 17.6 Å². The molecule has 0 aromatic heterocycles. The molecule has 0 aliphatic carbocycles. The van der Waals surface area contributed by atoms with Gasteiger partial charge in [-0.15, -0.1) is 0 Å². The highest BCUT2D eigenvalue weighted by Crippen LogP contribution is 2.23. The number of carbonyl (C=O) groups is 2.